The van der Waals surface area contributed by atoms with E-state index in [2.05, 4.69) is 20.3 Å². The lowest BCUT2D eigenvalue weighted by Gasteiger charge is -2.06. The summed E-state index contributed by atoms with van der Waals surface area (Å²) in [7, 11) is 0. The van der Waals surface area contributed by atoms with Crippen LogP contribution in [0.2, 0.25) is 0 Å². The number of nitrogens with one attached hydrogen (secondary N) is 2. The van der Waals surface area contributed by atoms with E-state index in [1.807, 2.05) is 6.07 Å². The van der Waals surface area contributed by atoms with Gasteiger partial charge in [0.05, 0.1) is 17.6 Å². The van der Waals surface area contributed by atoms with Crippen LogP contribution >= 0.6 is 0 Å². The summed E-state index contributed by atoms with van der Waals surface area (Å²) in [5.41, 5.74) is 1.85. The van der Waals surface area contributed by atoms with Crippen LogP contribution in [0, 0.1) is 12.7 Å². The van der Waals surface area contributed by atoms with Crippen molar-refractivity contribution in [3.63, 3.8) is 0 Å². The lowest BCUT2D eigenvalue weighted by Crippen LogP contribution is -2.24. The van der Waals surface area contributed by atoms with Crippen LogP contribution in [0.1, 0.15) is 21.7 Å². The van der Waals surface area contributed by atoms with Crippen molar-refractivity contribution in [1.82, 2.24) is 20.3 Å². The zero-order valence-corrected chi connectivity index (χ0v) is 11.4. The molecule has 0 bridgehead atoms. The standard InChI is InChI=1S/C15H13FN4O/c1-9-4-2-5-10(13(9)16)15(21)18-8-12-19-11-6-3-7-17-14(11)20-12/h2-7H,8H2,1H3,(H,18,21)(H,17,19,20). The van der Waals surface area contributed by atoms with Gasteiger partial charge in [0.2, 0.25) is 0 Å². The molecule has 1 amide bonds. The van der Waals surface area contributed by atoms with Crippen LogP contribution in [0.25, 0.3) is 11.2 Å². The Hall–Kier alpha value is -2.76. The third-order valence-corrected chi connectivity index (χ3v) is 3.16. The number of amides is 1. The Morgan fingerprint density at radius 1 is 1.33 bits per heavy atom. The molecule has 0 saturated carbocycles. The average molecular weight is 284 g/mol. The number of halogens is 1. The molecule has 2 heterocycles. The maximum atomic E-state index is 13.9. The number of fused-ring (bicyclic) bond motifs is 1. The number of aromatic nitrogens is 3. The Kier molecular flexibility index (Phi) is 3.35. The number of aromatic amines is 1. The van der Waals surface area contributed by atoms with Crippen molar-refractivity contribution in [2.45, 2.75) is 13.5 Å². The number of H-pyrrole nitrogens is 1. The van der Waals surface area contributed by atoms with Crippen molar-refractivity contribution >= 4 is 17.1 Å². The van der Waals surface area contributed by atoms with Gasteiger partial charge in [-0.15, -0.1) is 0 Å². The van der Waals surface area contributed by atoms with Gasteiger partial charge in [0.15, 0.2) is 5.65 Å². The van der Waals surface area contributed by atoms with E-state index in [1.54, 1.807) is 31.3 Å². The van der Waals surface area contributed by atoms with Gasteiger partial charge >= 0.3 is 0 Å². The summed E-state index contributed by atoms with van der Waals surface area (Å²) in [6, 6.07) is 8.37. The Morgan fingerprint density at radius 3 is 3.00 bits per heavy atom. The summed E-state index contributed by atoms with van der Waals surface area (Å²) >= 11 is 0. The first kappa shape index (κ1) is 13.2. The van der Waals surface area contributed by atoms with Crippen molar-refractivity contribution < 1.29 is 9.18 Å². The van der Waals surface area contributed by atoms with Gasteiger partial charge in [0.25, 0.3) is 5.91 Å². The fourth-order valence-electron chi connectivity index (χ4n) is 2.06. The second-order valence-electron chi connectivity index (χ2n) is 4.68. The SMILES string of the molecule is Cc1cccc(C(=O)NCc2nc3ncccc3[nH]2)c1F. The van der Waals surface area contributed by atoms with Crippen LogP contribution in [0.3, 0.4) is 0 Å². The molecule has 0 saturated heterocycles. The molecule has 0 fully saturated rings. The molecule has 21 heavy (non-hydrogen) atoms. The fraction of sp³-hybridized carbons (Fsp3) is 0.133. The second-order valence-corrected chi connectivity index (χ2v) is 4.68. The number of hydrogen-bond acceptors (Lipinski definition) is 3. The minimum atomic E-state index is -0.499. The molecule has 5 nitrogen and oxygen atoms in total. The van der Waals surface area contributed by atoms with E-state index in [4.69, 9.17) is 0 Å². The fourth-order valence-corrected chi connectivity index (χ4v) is 2.06. The van der Waals surface area contributed by atoms with E-state index in [9.17, 15) is 9.18 Å². The normalized spacial score (nSPS) is 10.8. The molecule has 0 radical (unpaired) electrons. The van der Waals surface area contributed by atoms with Crippen molar-refractivity contribution in [3.8, 4) is 0 Å². The van der Waals surface area contributed by atoms with Gasteiger partial charge in [0, 0.05) is 6.20 Å². The van der Waals surface area contributed by atoms with Gasteiger partial charge in [-0.2, -0.15) is 0 Å². The molecular weight excluding hydrogens is 271 g/mol. The number of hydrogen-bond donors (Lipinski definition) is 2. The molecule has 1 aromatic carbocycles. The maximum Gasteiger partial charge on any atom is 0.254 e. The Bertz CT molecular complexity index is 779. The number of carbonyl (C=O) groups is 1. The summed E-state index contributed by atoms with van der Waals surface area (Å²) in [4.78, 5) is 23.4. The van der Waals surface area contributed by atoms with Gasteiger partial charge in [0.1, 0.15) is 11.6 Å². The number of carbonyl (C=O) groups excluding carboxylic acids is 1. The number of benzene rings is 1. The number of nitrogens with zero attached hydrogens (tertiary/aromatic N) is 2. The van der Waals surface area contributed by atoms with Gasteiger partial charge in [-0.1, -0.05) is 12.1 Å². The van der Waals surface area contributed by atoms with E-state index in [0.717, 1.165) is 5.52 Å². The van der Waals surface area contributed by atoms with Crippen molar-refractivity contribution in [3.05, 3.63) is 59.3 Å². The summed E-state index contributed by atoms with van der Waals surface area (Å²) in [5, 5.41) is 2.64. The molecule has 0 unspecified atom stereocenters. The maximum absolute atomic E-state index is 13.9. The van der Waals surface area contributed by atoms with Crippen molar-refractivity contribution in [1.29, 1.82) is 0 Å². The first-order chi connectivity index (χ1) is 10.1. The summed E-state index contributed by atoms with van der Waals surface area (Å²) < 4.78 is 13.9. The predicted molar refractivity (Wildman–Crippen MR) is 76.2 cm³/mol. The third-order valence-electron chi connectivity index (χ3n) is 3.16. The molecule has 3 aromatic rings. The molecule has 2 aromatic heterocycles. The van der Waals surface area contributed by atoms with E-state index in [-0.39, 0.29) is 12.1 Å². The first-order valence-electron chi connectivity index (χ1n) is 6.48. The third kappa shape index (κ3) is 2.60. The zero-order chi connectivity index (χ0) is 14.8. The first-order valence-corrected chi connectivity index (χ1v) is 6.48. The second kappa shape index (κ2) is 5.32. The summed E-state index contributed by atoms with van der Waals surface area (Å²) in [6.45, 7) is 1.81. The summed E-state index contributed by atoms with van der Waals surface area (Å²) in [6.07, 6.45) is 1.65. The smallest absolute Gasteiger partial charge is 0.254 e. The lowest BCUT2D eigenvalue weighted by molar-refractivity contribution is 0.0945. The monoisotopic (exact) mass is 284 g/mol. The van der Waals surface area contributed by atoms with Crippen LogP contribution in [-0.2, 0) is 6.54 Å². The lowest BCUT2D eigenvalue weighted by atomic mass is 10.1. The average Bonchev–Trinajstić information content (AvgIpc) is 2.90. The van der Waals surface area contributed by atoms with Crippen LogP contribution in [0.4, 0.5) is 4.39 Å². The van der Waals surface area contributed by atoms with Crippen molar-refractivity contribution in [2.75, 3.05) is 0 Å². The number of rotatable bonds is 3. The van der Waals surface area contributed by atoms with Crippen LogP contribution in [0.5, 0.6) is 0 Å². The Balaban J connectivity index is 1.75. The van der Waals surface area contributed by atoms with Gasteiger partial charge in [-0.05, 0) is 30.7 Å². The number of aryl methyl sites for hydroxylation is 1. The van der Waals surface area contributed by atoms with Gasteiger partial charge < -0.3 is 10.3 Å². The molecule has 3 rings (SSSR count). The molecule has 0 spiro atoms. The van der Waals surface area contributed by atoms with Gasteiger partial charge in [-0.25, -0.2) is 14.4 Å². The molecule has 0 aliphatic heterocycles. The summed E-state index contributed by atoms with van der Waals surface area (Å²) in [5.74, 6) is -0.393. The molecule has 0 atom stereocenters. The van der Waals surface area contributed by atoms with E-state index in [0.29, 0.717) is 17.0 Å². The molecule has 2 N–H and O–H groups in total. The molecule has 6 heteroatoms. The van der Waals surface area contributed by atoms with E-state index >= 15 is 0 Å². The zero-order valence-electron chi connectivity index (χ0n) is 11.4. The topological polar surface area (TPSA) is 70.7 Å². The minimum Gasteiger partial charge on any atom is -0.345 e. The highest BCUT2D eigenvalue weighted by Crippen LogP contribution is 2.12. The Labute approximate surface area is 120 Å². The highest BCUT2D eigenvalue weighted by Gasteiger charge is 2.13. The highest BCUT2D eigenvalue weighted by atomic mass is 19.1. The molecular formula is C15H13FN4O. The largest absolute Gasteiger partial charge is 0.345 e. The van der Waals surface area contributed by atoms with Crippen molar-refractivity contribution in [2.24, 2.45) is 0 Å². The van der Waals surface area contributed by atoms with E-state index < -0.39 is 11.7 Å². The number of imidazole rings is 1. The van der Waals surface area contributed by atoms with Crippen LogP contribution in [0.15, 0.2) is 36.5 Å². The molecule has 106 valence electrons. The minimum absolute atomic E-state index is 0.0317. The number of pyridine rings is 1. The predicted octanol–water partition coefficient (Wildman–Crippen LogP) is 2.34. The van der Waals surface area contributed by atoms with E-state index in [1.165, 1.54) is 6.07 Å². The van der Waals surface area contributed by atoms with Crippen LogP contribution in [-0.4, -0.2) is 20.9 Å². The Morgan fingerprint density at radius 2 is 2.19 bits per heavy atom. The molecule has 0 aliphatic rings. The van der Waals surface area contributed by atoms with Crippen LogP contribution < -0.4 is 5.32 Å². The molecule has 0 aliphatic carbocycles. The highest BCUT2D eigenvalue weighted by molar-refractivity contribution is 5.94. The van der Waals surface area contributed by atoms with Gasteiger partial charge in [-0.3, -0.25) is 4.79 Å². The quantitative estimate of drug-likeness (QED) is 0.775.